The minimum absolute atomic E-state index is 0.00829. The van der Waals surface area contributed by atoms with Crippen LogP contribution in [0.1, 0.15) is 84.5 Å². The smallest absolute Gasteiger partial charge is 0.306 e. The molecule has 7 atom stereocenters. The summed E-state index contributed by atoms with van der Waals surface area (Å²) < 4.78 is 5.57. The van der Waals surface area contributed by atoms with E-state index in [1.54, 1.807) is 12.2 Å². The summed E-state index contributed by atoms with van der Waals surface area (Å²) >= 11 is 0. The molecule has 5 aliphatic rings. The van der Waals surface area contributed by atoms with E-state index in [9.17, 15) is 19.5 Å². The molecule has 0 aromatic heterocycles. The molecule has 0 saturated heterocycles. The van der Waals surface area contributed by atoms with E-state index in [1.807, 2.05) is 12.2 Å². The zero-order valence-electron chi connectivity index (χ0n) is 22.0. The first-order valence-corrected chi connectivity index (χ1v) is 14.0. The van der Waals surface area contributed by atoms with E-state index in [0.29, 0.717) is 24.7 Å². The first kappa shape index (κ1) is 25.6. The Balaban J connectivity index is 1.26. The minimum Gasteiger partial charge on any atom is -0.458 e. The maximum Gasteiger partial charge on any atom is 0.306 e. The second-order valence-electron chi connectivity index (χ2n) is 12.9. The van der Waals surface area contributed by atoms with E-state index in [2.05, 4.69) is 20.4 Å². The molecule has 196 valence electrons. The summed E-state index contributed by atoms with van der Waals surface area (Å²) in [6.07, 6.45) is 16.5. The van der Waals surface area contributed by atoms with Crippen molar-refractivity contribution in [1.82, 2.24) is 0 Å². The Kier molecular flexibility index (Phi) is 6.68. The van der Waals surface area contributed by atoms with Crippen molar-refractivity contribution in [1.29, 1.82) is 0 Å². The first-order chi connectivity index (χ1) is 17.1. The molecule has 0 amide bonds. The van der Waals surface area contributed by atoms with Gasteiger partial charge in [0.05, 0.1) is 12.5 Å². The molecule has 0 radical (unpaired) electrons. The summed E-state index contributed by atoms with van der Waals surface area (Å²) in [6, 6.07) is 0. The Morgan fingerprint density at radius 1 is 1.19 bits per heavy atom. The molecule has 4 saturated carbocycles. The van der Waals surface area contributed by atoms with E-state index in [1.165, 1.54) is 0 Å². The highest BCUT2D eigenvalue weighted by Gasteiger charge is 2.62. The third-order valence-corrected chi connectivity index (χ3v) is 11.0. The van der Waals surface area contributed by atoms with Gasteiger partial charge in [0, 0.05) is 17.3 Å². The molecule has 1 N–H and O–H groups in total. The van der Waals surface area contributed by atoms with Crippen LogP contribution in [-0.4, -0.2) is 35.4 Å². The Morgan fingerprint density at radius 3 is 2.67 bits per heavy atom. The fourth-order valence-electron chi connectivity index (χ4n) is 9.35. The number of hydrogen-bond acceptors (Lipinski definition) is 5. The number of aliphatic hydroxyl groups excluding tert-OH is 1. The molecular weight excluding hydrogens is 452 g/mol. The van der Waals surface area contributed by atoms with Crippen LogP contribution in [0.4, 0.5) is 0 Å². The van der Waals surface area contributed by atoms with Gasteiger partial charge in [-0.1, -0.05) is 44.4 Å². The molecule has 5 nitrogen and oxygen atoms in total. The van der Waals surface area contributed by atoms with Crippen LogP contribution >= 0.6 is 0 Å². The van der Waals surface area contributed by atoms with E-state index in [4.69, 9.17) is 4.74 Å². The molecule has 5 heteroatoms. The number of fused-ring (bicyclic) bond motifs is 5. The van der Waals surface area contributed by atoms with Crippen molar-refractivity contribution in [3.05, 3.63) is 36.5 Å². The molecule has 0 bridgehead atoms. The van der Waals surface area contributed by atoms with Gasteiger partial charge in [0.25, 0.3) is 0 Å². The fourth-order valence-corrected chi connectivity index (χ4v) is 9.35. The van der Waals surface area contributed by atoms with Crippen molar-refractivity contribution in [2.45, 2.75) is 90.6 Å². The predicted octanol–water partition coefficient (Wildman–Crippen LogP) is 5.52. The van der Waals surface area contributed by atoms with Gasteiger partial charge in [-0.2, -0.15) is 0 Å². The van der Waals surface area contributed by atoms with Crippen LogP contribution in [0.3, 0.4) is 0 Å². The van der Waals surface area contributed by atoms with Crippen molar-refractivity contribution in [3.63, 3.8) is 0 Å². The molecule has 4 fully saturated rings. The number of ketones is 2. The van der Waals surface area contributed by atoms with Crippen LogP contribution in [0.25, 0.3) is 0 Å². The molecule has 0 aromatic rings. The summed E-state index contributed by atoms with van der Waals surface area (Å²) in [4.78, 5) is 38.1. The standard InChI is InChI=1S/C31H42O5/c1-4-12-31(13-5-6-14-31)18-27(35)36-19-26(34)24-10-9-23-22-8-7-20-16-21(32)11-15-29(20,2)28(22)25(33)17-30(23,24)3/h4,11,15-16,22-25,28,33H,1,5-10,12-14,17-19H2,2-3H3. The maximum absolute atomic E-state index is 13.4. The number of ether oxygens (including phenoxy) is 1. The average molecular weight is 495 g/mol. The molecule has 36 heavy (non-hydrogen) atoms. The predicted molar refractivity (Wildman–Crippen MR) is 138 cm³/mol. The molecule has 5 rings (SSSR count). The highest BCUT2D eigenvalue weighted by atomic mass is 16.5. The van der Waals surface area contributed by atoms with Gasteiger partial charge in [-0.05, 0) is 86.2 Å². The molecule has 0 spiro atoms. The minimum atomic E-state index is -0.528. The van der Waals surface area contributed by atoms with Gasteiger partial charge in [0.1, 0.15) is 6.61 Å². The van der Waals surface area contributed by atoms with Crippen molar-refractivity contribution in [3.8, 4) is 0 Å². The number of hydrogen-bond donors (Lipinski definition) is 1. The SMILES string of the molecule is C=CCC1(CC(=O)OCC(=O)C2CCC3C4CCC5=CC(=O)C=CC5(C)C4C(O)CC23C)CCCC1. The van der Waals surface area contributed by atoms with Crippen molar-refractivity contribution < 1.29 is 24.2 Å². The summed E-state index contributed by atoms with van der Waals surface area (Å²) in [6.45, 7) is 8.06. The molecule has 0 aliphatic heterocycles. The number of aliphatic hydroxyl groups is 1. The van der Waals surface area contributed by atoms with Crippen LogP contribution in [0.2, 0.25) is 0 Å². The second kappa shape index (κ2) is 9.38. The van der Waals surface area contributed by atoms with Gasteiger partial charge in [0.2, 0.25) is 0 Å². The molecule has 0 heterocycles. The third-order valence-electron chi connectivity index (χ3n) is 11.0. The normalized spacial score (nSPS) is 40.6. The zero-order valence-corrected chi connectivity index (χ0v) is 22.0. The molecule has 7 unspecified atom stereocenters. The van der Waals surface area contributed by atoms with Gasteiger partial charge in [-0.3, -0.25) is 14.4 Å². The molecule has 5 aliphatic carbocycles. The van der Waals surface area contributed by atoms with Gasteiger partial charge < -0.3 is 9.84 Å². The number of Topliss-reactive ketones (excluding diaryl/α,β-unsaturated/α-hetero) is 1. The van der Waals surface area contributed by atoms with Gasteiger partial charge in [-0.25, -0.2) is 0 Å². The van der Waals surface area contributed by atoms with Crippen LogP contribution in [0.5, 0.6) is 0 Å². The Hall–Kier alpha value is -2.01. The molecule has 0 aromatic carbocycles. The number of rotatable bonds is 7. The number of carbonyl (C=O) groups excluding carboxylic acids is 3. The zero-order chi connectivity index (χ0) is 25.7. The van der Waals surface area contributed by atoms with Gasteiger partial charge in [0.15, 0.2) is 11.6 Å². The van der Waals surface area contributed by atoms with Crippen LogP contribution in [-0.2, 0) is 19.1 Å². The maximum atomic E-state index is 13.4. The first-order valence-electron chi connectivity index (χ1n) is 14.0. The third kappa shape index (κ3) is 4.15. The van der Waals surface area contributed by atoms with E-state index < -0.39 is 6.10 Å². The van der Waals surface area contributed by atoms with E-state index >= 15 is 0 Å². The highest BCUT2D eigenvalue weighted by Crippen LogP contribution is 2.66. The fraction of sp³-hybridized carbons (Fsp3) is 0.710. The van der Waals surface area contributed by atoms with Crippen LogP contribution in [0, 0.1) is 39.9 Å². The summed E-state index contributed by atoms with van der Waals surface area (Å²) in [5.41, 5.74) is 0.521. The number of allylic oxidation sites excluding steroid dienone is 5. The van der Waals surface area contributed by atoms with E-state index in [0.717, 1.165) is 63.4 Å². The van der Waals surface area contributed by atoms with Crippen molar-refractivity contribution in [2.75, 3.05) is 6.61 Å². The lowest BCUT2D eigenvalue weighted by Crippen LogP contribution is -2.56. The topological polar surface area (TPSA) is 80.7 Å². The van der Waals surface area contributed by atoms with Gasteiger partial charge in [-0.15, -0.1) is 6.58 Å². The quantitative estimate of drug-likeness (QED) is 0.372. The largest absolute Gasteiger partial charge is 0.458 e. The summed E-state index contributed by atoms with van der Waals surface area (Å²) in [5, 5.41) is 11.5. The lowest BCUT2D eigenvalue weighted by atomic mass is 9.46. The lowest BCUT2D eigenvalue weighted by Gasteiger charge is -2.58. The van der Waals surface area contributed by atoms with Gasteiger partial charge >= 0.3 is 5.97 Å². The lowest BCUT2D eigenvalue weighted by molar-refractivity contribution is -0.155. The van der Waals surface area contributed by atoms with E-state index in [-0.39, 0.29) is 52.2 Å². The monoisotopic (exact) mass is 494 g/mol. The Labute approximate surface area is 215 Å². The van der Waals surface area contributed by atoms with Crippen molar-refractivity contribution in [2.24, 2.45) is 39.9 Å². The number of carbonyl (C=O) groups is 3. The van der Waals surface area contributed by atoms with Crippen LogP contribution in [0.15, 0.2) is 36.5 Å². The summed E-state index contributed by atoms with van der Waals surface area (Å²) in [7, 11) is 0. The molecular formula is C31H42O5. The number of esters is 1. The van der Waals surface area contributed by atoms with Crippen LogP contribution < -0.4 is 0 Å². The Morgan fingerprint density at radius 2 is 1.94 bits per heavy atom. The Bertz CT molecular complexity index is 1000. The summed E-state index contributed by atoms with van der Waals surface area (Å²) in [5.74, 6) is 0.337. The van der Waals surface area contributed by atoms with Crippen molar-refractivity contribution >= 4 is 17.5 Å². The highest BCUT2D eigenvalue weighted by molar-refractivity contribution is 6.01. The second-order valence-corrected chi connectivity index (χ2v) is 12.9. The average Bonchev–Trinajstić information content (AvgIpc) is 3.41.